The lowest BCUT2D eigenvalue weighted by molar-refractivity contribution is -0.359. The molecular formula is C41H66O10. The minimum Gasteiger partial charge on any atom is -0.394 e. The maximum atomic E-state index is 11.1. The molecule has 2 heterocycles. The van der Waals surface area contributed by atoms with Crippen LogP contribution in [0.2, 0.25) is 0 Å². The van der Waals surface area contributed by atoms with Crippen molar-refractivity contribution >= 4 is 0 Å². The molecule has 4 aliphatic carbocycles. The van der Waals surface area contributed by atoms with Crippen LogP contribution in [0.1, 0.15) is 99.3 Å². The summed E-state index contributed by atoms with van der Waals surface area (Å²) in [5, 5.41) is 62.4. The number of ether oxygens (including phenoxy) is 4. The summed E-state index contributed by atoms with van der Waals surface area (Å²) in [7, 11) is 0. The average molecular weight is 719 g/mol. The molecule has 6 aliphatic rings. The fourth-order valence-corrected chi connectivity index (χ4v) is 11.6. The fraction of sp³-hybridized carbons (Fsp3) is 0.854. The molecule has 6 N–H and O–H groups in total. The van der Waals surface area contributed by atoms with E-state index in [1.54, 1.807) is 6.92 Å². The molecule has 51 heavy (non-hydrogen) atoms. The first kappa shape index (κ1) is 39.5. The van der Waals surface area contributed by atoms with Crippen molar-refractivity contribution in [3.63, 3.8) is 0 Å². The SMILES string of the molecule is C=C(C)[C@H](/C=C/[C@H](C)[C@H]1CC[C@H]2[C@@H]3CC=C4C[C@@H](O[C@@H]5O[C@@H](C)[C@H](O[C@@H]6O[C@H](CO)[C@@H](O)[C@H](O)[C@H]6O)[C@@H](O)[C@H]5O)CC[C@]4(C)[C@H]3CC[C@]12C)CC. The highest BCUT2D eigenvalue weighted by atomic mass is 16.7. The van der Waals surface area contributed by atoms with Gasteiger partial charge in [-0.3, -0.25) is 0 Å². The van der Waals surface area contributed by atoms with Crippen LogP contribution in [0.5, 0.6) is 0 Å². The van der Waals surface area contributed by atoms with Crippen LogP contribution >= 0.6 is 0 Å². The summed E-state index contributed by atoms with van der Waals surface area (Å²) < 4.78 is 23.7. The van der Waals surface area contributed by atoms with Gasteiger partial charge in [0.15, 0.2) is 12.6 Å². The van der Waals surface area contributed by atoms with Crippen molar-refractivity contribution in [2.45, 2.75) is 167 Å². The van der Waals surface area contributed by atoms with Crippen molar-refractivity contribution in [3.05, 3.63) is 36.0 Å². The van der Waals surface area contributed by atoms with Crippen LogP contribution in [-0.4, -0.2) is 105 Å². The van der Waals surface area contributed by atoms with E-state index in [1.807, 2.05) is 0 Å². The Labute approximate surface area is 304 Å². The van der Waals surface area contributed by atoms with E-state index in [-0.39, 0.29) is 11.5 Å². The molecule has 5 fully saturated rings. The molecule has 0 radical (unpaired) electrons. The minimum absolute atomic E-state index is 0.132. The van der Waals surface area contributed by atoms with Crippen LogP contribution in [0.3, 0.4) is 0 Å². The summed E-state index contributed by atoms with van der Waals surface area (Å²) >= 11 is 0. The topological polar surface area (TPSA) is 158 Å². The molecule has 0 bridgehead atoms. The van der Waals surface area contributed by atoms with Gasteiger partial charge in [0.05, 0.1) is 18.8 Å². The number of hydrogen-bond donors (Lipinski definition) is 6. The van der Waals surface area contributed by atoms with Crippen molar-refractivity contribution in [3.8, 4) is 0 Å². The maximum Gasteiger partial charge on any atom is 0.187 e. The summed E-state index contributed by atoms with van der Waals surface area (Å²) in [6.07, 6.45) is 4.09. The highest BCUT2D eigenvalue weighted by Crippen LogP contribution is 2.67. The summed E-state index contributed by atoms with van der Waals surface area (Å²) in [5.74, 6) is 3.85. The van der Waals surface area contributed by atoms with Crippen molar-refractivity contribution in [1.29, 1.82) is 0 Å². The van der Waals surface area contributed by atoms with E-state index in [2.05, 4.69) is 59.4 Å². The third kappa shape index (κ3) is 7.21. The third-order valence-corrected chi connectivity index (χ3v) is 14.7. The van der Waals surface area contributed by atoms with Gasteiger partial charge in [0, 0.05) is 0 Å². The molecule has 290 valence electrons. The van der Waals surface area contributed by atoms with E-state index in [1.165, 1.54) is 36.8 Å². The van der Waals surface area contributed by atoms with Gasteiger partial charge in [-0.2, -0.15) is 0 Å². The van der Waals surface area contributed by atoms with E-state index < -0.39 is 68.0 Å². The van der Waals surface area contributed by atoms with E-state index in [0.717, 1.165) is 38.0 Å². The van der Waals surface area contributed by atoms with E-state index in [4.69, 9.17) is 18.9 Å². The molecule has 0 aromatic carbocycles. The maximum absolute atomic E-state index is 11.1. The molecule has 10 nitrogen and oxygen atoms in total. The lowest BCUT2D eigenvalue weighted by atomic mass is 9.47. The summed E-state index contributed by atoms with van der Waals surface area (Å²) in [6.45, 7) is 17.2. The van der Waals surface area contributed by atoms with Gasteiger partial charge in [0.2, 0.25) is 0 Å². The first-order chi connectivity index (χ1) is 24.1. The van der Waals surface area contributed by atoms with Crippen LogP contribution in [0, 0.1) is 46.3 Å². The van der Waals surface area contributed by atoms with Crippen LogP contribution in [0.25, 0.3) is 0 Å². The molecular weight excluding hydrogens is 652 g/mol. The fourth-order valence-electron chi connectivity index (χ4n) is 11.6. The number of rotatable bonds is 10. The standard InChI is InChI=1S/C41H66O10/c1-8-24(21(2)3)10-9-22(4)28-13-14-29-27-12-11-25-19-26(15-17-40(25,6)30(27)16-18-41(28,29)7)49-38-36(47)34(45)37(23(5)48-38)51-39-35(46)33(44)32(43)31(20-42)50-39/h9-11,22-24,26-39,42-47H,2,8,12-20H2,1,3-7H3/b10-9+/t22-,23-,24-,26-,27-,28+,29-,30-,31+,32+,33-,34-,35+,36+,37-,38-,39-,40-,41+/m0/s1. The molecule has 2 saturated heterocycles. The van der Waals surface area contributed by atoms with E-state index in [9.17, 15) is 30.6 Å². The number of hydrogen-bond acceptors (Lipinski definition) is 10. The summed E-state index contributed by atoms with van der Waals surface area (Å²) in [4.78, 5) is 0. The summed E-state index contributed by atoms with van der Waals surface area (Å²) in [6, 6.07) is 0. The predicted octanol–water partition coefficient (Wildman–Crippen LogP) is 4.40. The quantitative estimate of drug-likeness (QED) is 0.179. The van der Waals surface area contributed by atoms with E-state index >= 15 is 0 Å². The monoisotopic (exact) mass is 718 g/mol. The molecule has 0 aromatic heterocycles. The Bertz CT molecular complexity index is 1280. The normalized spacial score (nSPS) is 49.8. The Balaban J connectivity index is 1.07. The minimum atomic E-state index is -1.63. The number of allylic oxidation sites excluding steroid dienone is 4. The average Bonchev–Trinajstić information content (AvgIpc) is 3.46. The second-order valence-electron chi connectivity index (χ2n) is 17.6. The predicted molar refractivity (Wildman–Crippen MR) is 192 cm³/mol. The molecule has 19 atom stereocenters. The zero-order valence-corrected chi connectivity index (χ0v) is 31.6. The highest BCUT2D eigenvalue weighted by molar-refractivity contribution is 5.26. The smallest absolute Gasteiger partial charge is 0.187 e. The van der Waals surface area contributed by atoms with Gasteiger partial charge in [-0.05, 0) is 118 Å². The molecule has 0 amide bonds. The Morgan fingerprint density at radius 1 is 0.922 bits per heavy atom. The zero-order valence-electron chi connectivity index (χ0n) is 31.6. The van der Waals surface area contributed by atoms with Gasteiger partial charge in [-0.1, -0.05) is 63.6 Å². The first-order valence-electron chi connectivity index (χ1n) is 19.8. The van der Waals surface area contributed by atoms with Crippen LogP contribution in [0.15, 0.2) is 36.0 Å². The molecule has 2 aliphatic heterocycles. The Morgan fingerprint density at radius 2 is 1.63 bits per heavy atom. The summed E-state index contributed by atoms with van der Waals surface area (Å²) in [5.41, 5.74) is 3.21. The lowest BCUT2D eigenvalue weighted by Gasteiger charge is -2.58. The van der Waals surface area contributed by atoms with Gasteiger partial charge < -0.3 is 49.6 Å². The molecule has 10 heteroatoms. The Hall–Kier alpha value is -1.18. The number of aliphatic hydroxyl groups is 6. The molecule has 0 spiro atoms. The molecule has 3 saturated carbocycles. The lowest BCUT2D eigenvalue weighted by Crippen LogP contribution is -2.64. The molecule has 0 unspecified atom stereocenters. The van der Waals surface area contributed by atoms with Crippen LogP contribution in [-0.2, 0) is 18.9 Å². The van der Waals surface area contributed by atoms with Crippen molar-refractivity contribution in [2.75, 3.05) is 6.61 Å². The van der Waals surface area contributed by atoms with Gasteiger partial charge in [-0.15, -0.1) is 0 Å². The third-order valence-electron chi connectivity index (χ3n) is 14.7. The first-order valence-corrected chi connectivity index (χ1v) is 19.8. The second kappa shape index (κ2) is 15.5. The highest BCUT2D eigenvalue weighted by Gasteiger charge is 2.59. The largest absolute Gasteiger partial charge is 0.394 e. The van der Waals surface area contributed by atoms with E-state index in [0.29, 0.717) is 35.0 Å². The molecule has 0 aromatic rings. The Morgan fingerprint density at radius 3 is 2.31 bits per heavy atom. The van der Waals surface area contributed by atoms with Crippen LogP contribution in [0.4, 0.5) is 0 Å². The second-order valence-corrected chi connectivity index (χ2v) is 17.6. The van der Waals surface area contributed by atoms with Crippen molar-refractivity contribution < 1.29 is 49.6 Å². The number of fused-ring (bicyclic) bond motifs is 5. The number of aliphatic hydroxyl groups excluding tert-OH is 6. The zero-order chi connectivity index (χ0) is 37.0. The molecule has 6 rings (SSSR count). The van der Waals surface area contributed by atoms with Gasteiger partial charge in [0.25, 0.3) is 0 Å². The van der Waals surface area contributed by atoms with Crippen molar-refractivity contribution in [1.82, 2.24) is 0 Å². The van der Waals surface area contributed by atoms with Crippen LogP contribution < -0.4 is 0 Å². The van der Waals surface area contributed by atoms with Gasteiger partial charge in [0.1, 0.15) is 42.7 Å². The van der Waals surface area contributed by atoms with Crippen molar-refractivity contribution in [2.24, 2.45) is 46.3 Å². The van der Waals surface area contributed by atoms with Gasteiger partial charge in [-0.25, -0.2) is 0 Å². The Kier molecular flexibility index (Phi) is 12.0. The van der Waals surface area contributed by atoms with Gasteiger partial charge >= 0.3 is 0 Å².